The van der Waals surface area contributed by atoms with Crippen LogP contribution in [0.1, 0.15) is 5.56 Å². The molecular formula is C22H19Cl3N2O4S. The van der Waals surface area contributed by atoms with Gasteiger partial charge in [-0.05, 0) is 67.1 Å². The Bertz CT molecular complexity index is 1250. The molecule has 0 atom stereocenters. The molecule has 0 spiro atoms. The molecule has 1 N–H and O–H groups in total. The lowest BCUT2D eigenvalue weighted by atomic mass is 10.2. The Hall–Kier alpha value is -2.45. The van der Waals surface area contributed by atoms with Gasteiger partial charge in [-0.3, -0.25) is 9.10 Å². The zero-order chi connectivity index (χ0) is 23.5. The van der Waals surface area contributed by atoms with Crippen molar-refractivity contribution in [2.45, 2.75) is 11.8 Å². The Balaban J connectivity index is 2.03. The molecule has 0 aliphatic rings. The summed E-state index contributed by atoms with van der Waals surface area (Å²) < 4.78 is 33.5. The number of carbonyl (C=O) groups excluding carboxylic acids is 1. The summed E-state index contributed by atoms with van der Waals surface area (Å²) >= 11 is 18.1. The van der Waals surface area contributed by atoms with E-state index >= 15 is 0 Å². The minimum Gasteiger partial charge on any atom is -0.495 e. The number of aryl methyl sites for hydroxylation is 1. The van der Waals surface area contributed by atoms with Crippen LogP contribution in [0.15, 0.2) is 65.6 Å². The summed E-state index contributed by atoms with van der Waals surface area (Å²) in [5.74, 6) is -0.452. The molecule has 0 aliphatic heterocycles. The first-order valence-corrected chi connectivity index (χ1v) is 11.9. The highest BCUT2D eigenvalue weighted by atomic mass is 35.5. The van der Waals surface area contributed by atoms with Crippen molar-refractivity contribution in [1.29, 1.82) is 0 Å². The van der Waals surface area contributed by atoms with E-state index in [1.54, 1.807) is 37.3 Å². The predicted molar refractivity (Wildman–Crippen MR) is 129 cm³/mol. The number of nitrogens with zero attached hydrogens (tertiary/aromatic N) is 1. The van der Waals surface area contributed by atoms with Gasteiger partial charge in [0.1, 0.15) is 17.2 Å². The SMILES string of the molecule is COc1ccc(C)cc1S(=O)(=O)N(CC(=O)Nc1cc(Cl)ccc1Cl)c1ccc(Cl)cc1. The lowest BCUT2D eigenvalue weighted by Gasteiger charge is -2.25. The number of rotatable bonds is 7. The summed E-state index contributed by atoms with van der Waals surface area (Å²) in [5, 5.41) is 3.67. The van der Waals surface area contributed by atoms with Crippen LogP contribution in [0.2, 0.25) is 15.1 Å². The first-order valence-electron chi connectivity index (χ1n) is 9.29. The minimum absolute atomic E-state index is 0.0662. The van der Waals surface area contributed by atoms with Gasteiger partial charge < -0.3 is 10.1 Å². The number of anilines is 2. The number of hydrogen-bond acceptors (Lipinski definition) is 4. The molecule has 168 valence electrons. The molecule has 0 heterocycles. The van der Waals surface area contributed by atoms with Crippen molar-refractivity contribution >= 4 is 62.1 Å². The third-order valence-electron chi connectivity index (χ3n) is 4.49. The number of hydrogen-bond donors (Lipinski definition) is 1. The van der Waals surface area contributed by atoms with Crippen LogP contribution in [-0.2, 0) is 14.8 Å². The monoisotopic (exact) mass is 512 g/mol. The Morgan fingerprint density at radius 1 is 0.969 bits per heavy atom. The summed E-state index contributed by atoms with van der Waals surface area (Å²) in [6.45, 7) is 1.24. The van der Waals surface area contributed by atoms with E-state index < -0.39 is 22.5 Å². The third-order valence-corrected chi connectivity index (χ3v) is 7.10. The van der Waals surface area contributed by atoms with E-state index in [1.807, 2.05) is 0 Å². The van der Waals surface area contributed by atoms with E-state index in [-0.39, 0.29) is 27.0 Å². The maximum Gasteiger partial charge on any atom is 0.268 e. The highest BCUT2D eigenvalue weighted by Gasteiger charge is 2.30. The maximum absolute atomic E-state index is 13.6. The van der Waals surface area contributed by atoms with Crippen molar-refractivity contribution in [3.8, 4) is 5.75 Å². The molecule has 6 nitrogen and oxygen atoms in total. The average molecular weight is 514 g/mol. The number of benzene rings is 3. The summed E-state index contributed by atoms with van der Waals surface area (Å²) in [7, 11) is -2.81. The van der Waals surface area contributed by atoms with Gasteiger partial charge in [0.25, 0.3) is 10.0 Å². The van der Waals surface area contributed by atoms with E-state index in [4.69, 9.17) is 39.5 Å². The smallest absolute Gasteiger partial charge is 0.268 e. The molecule has 0 fully saturated rings. The molecule has 0 unspecified atom stereocenters. The molecule has 1 amide bonds. The molecular weight excluding hydrogens is 495 g/mol. The topological polar surface area (TPSA) is 75.7 Å². The van der Waals surface area contributed by atoms with Gasteiger partial charge in [0.05, 0.1) is 23.5 Å². The normalized spacial score (nSPS) is 11.2. The molecule has 0 aliphatic carbocycles. The van der Waals surface area contributed by atoms with Crippen molar-refractivity contribution in [1.82, 2.24) is 0 Å². The van der Waals surface area contributed by atoms with Crippen molar-refractivity contribution in [3.05, 3.63) is 81.3 Å². The van der Waals surface area contributed by atoms with Crippen LogP contribution < -0.4 is 14.4 Å². The molecule has 0 aromatic heterocycles. The van der Waals surface area contributed by atoms with Crippen molar-refractivity contribution in [3.63, 3.8) is 0 Å². The summed E-state index contributed by atoms with van der Waals surface area (Å²) in [6.07, 6.45) is 0. The molecule has 10 heteroatoms. The van der Waals surface area contributed by atoms with Crippen molar-refractivity contribution in [2.24, 2.45) is 0 Å². The van der Waals surface area contributed by atoms with Crippen LogP contribution in [0.25, 0.3) is 0 Å². The highest BCUT2D eigenvalue weighted by molar-refractivity contribution is 7.93. The molecule has 0 saturated carbocycles. The van der Waals surface area contributed by atoms with Crippen LogP contribution >= 0.6 is 34.8 Å². The summed E-state index contributed by atoms with van der Waals surface area (Å²) in [5.41, 5.74) is 1.24. The van der Waals surface area contributed by atoms with Gasteiger partial charge in [0.15, 0.2) is 0 Å². The van der Waals surface area contributed by atoms with Gasteiger partial charge in [0.2, 0.25) is 5.91 Å². The molecule has 3 rings (SSSR count). The standard InChI is InChI=1S/C22H19Cl3N2O4S/c1-14-3-10-20(31-2)21(11-14)32(29,30)27(17-7-4-15(23)5-8-17)13-22(28)26-19-12-16(24)6-9-18(19)25/h3-12H,13H2,1-2H3,(H,26,28). The van der Waals surface area contributed by atoms with E-state index in [0.29, 0.717) is 10.0 Å². The zero-order valence-electron chi connectivity index (χ0n) is 17.1. The van der Waals surface area contributed by atoms with Crippen LogP contribution in [0.3, 0.4) is 0 Å². The summed E-state index contributed by atoms with van der Waals surface area (Å²) in [4.78, 5) is 12.8. The number of carbonyl (C=O) groups is 1. The van der Waals surface area contributed by atoms with E-state index in [1.165, 1.54) is 37.4 Å². The lowest BCUT2D eigenvalue weighted by Crippen LogP contribution is -2.38. The molecule has 3 aromatic carbocycles. The molecule has 0 bridgehead atoms. The van der Waals surface area contributed by atoms with Crippen LogP contribution in [0.5, 0.6) is 5.75 Å². The van der Waals surface area contributed by atoms with E-state index in [2.05, 4.69) is 5.32 Å². The first kappa shape index (κ1) is 24.2. The lowest BCUT2D eigenvalue weighted by molar-refractivity contribution is -0.114. The summed E-state index contributed by atoms with van der Waals surface area (Å²) in [6, 6.07) is 15.5. The molecule has 0 saturated heterocycles. The maximum atomic E-state index is 13.6. The number of halogens is 3. The second kappa shape index (κ2) is 10.0. The number of amides is 1. The fraction of sp³-hybridized carbons (Fsp3) is 0.136. The fourth-order valence-electron chi connectivity index (χ4n) is 2.94. The Kier molecular flexibility index (Phi) is 7.56. The second-order valence-electron chi connectivity index (χ2n) is 6.81. The Morgan fingerprint density at radius 2 is 1.62 bits per heavy atom. The zero-order valence-corrected chi connectivity index (χ0v) is 20.2. The largest absolute Gasteiger partial charge is 0.495 e. The van der Waals surface area contributed by atoms with Crippen molar-refractivity contribution in [2.75, 3.05) is 23.3 Å². The number of sulfonamides is 1. The number of nitrogens with one attached hydrogen (secondary N) is 1. The molecule has 32 heavy (non-hydrogen) atoms. The number of methoxy groups -OCH3 is 1. The fourth-order valence-corrected chi connectivity index (χ4v) is 5.07. The highest BCUT2D eigenvalue weighted by Crippen LogP contribution is 2.32. The first-order chi connectivity index (χ1) is 15.1. The van der Waals surface area contributed by atoms with Gasteiger partial charge in [-0.1, -0.05) is 40.9 Å². The van der Waals surface area contributed by atoms with Gasteiger partial charge in [-0.25, -0.2) is 8.42 Å². The minimum atomic E-state index is -4.19. The molecule has 3 aromatic rings. The Morgan fingerprint density at radius 3 is 2.28 bits per heavy atom. The predicted octanol–water partition coefficient (Wildman–Crippen LogP) is 5.80. The van der Waals surface area contributed by atoms with Gasteiger partial charge >= 0.3 is 0 Å². The van der Waals surface area contributed by atoms with Crippen LogP contribution in [0.4, 0.5) is 11.4 Å². The third kappa shape index (κ3) is 5.48. The quantitative estimate of drug-likeness (QED) is 0.433. The van der Waals surface area contributed by atoms with Gasteiger partial charge in [0, 0.05) is 10.0 Å². The van der Waals surface area contributed by atoms with Gasteiger partial charge in [-0.15, -0.1) is 0 Å². The van der Waals surface area contributed by atoms with Gasteiger partial charge in [-0.2, -0.15) is 0 Å². The molecule has 0 radical (unpaired) electrons. The van der Waals surface area contributed by atoms with Crippen LogP contribution in [-0.4, -0.2) is 28.0 Å². The average Bonchev–Trinajstić information content (AvgIpc) is 2.75. The Labute approximate surface area is 201 Å². The van der Waals surface area contributed by atoms with E-state index in [0.717, 1.165) is 9.87 Å². The second-order valence-corrected chi connectivity index (χ2v) is 9.93. The van der Waals surface area contributed by atoms with Crippen LogP contribution in [0, 0.1) is 6.92 Å². The van der Waals surface area contributed by atoms with E-state index in [9.17, 15) is 13.2 Å². The van der Waals surface area contributed by atoms with Crippen molar-refractivity contribution < 1.29 is 17.9 Å². The number of ether oxygens (including phenoxy) is 1.